The van der Waals surface area contributed by atoms with Crippen LogP contribution < -0.4 is 0 Å². The van der Waals surface area contributed by atoms with E-state index in [1.807, 2.05) is 22.4 Å². The lowest BCUT2D eigenvalue weighted by Crippen LogP contribution is -2.48. The maximum Gasteiger partial charge on any atom is 0.263 e. The highest BCUT2D eigenvalue weighted by Crippen LogP contribution is 2.61. The van der Waals surface area contributed by atoms with Crippen LogP contribution in [0.4, 0.5) is 0 Å². The summed E-state index contributed by atoms with van der Waals surface area (Å²) < 4.78 is 0. The predicted molar refractivity (Wildman–Crippen MR) is 107 cm³/mol. The van der Waals surface area contributed by atoms with E-state index in [1.54, 1.807) is 0 Å². The molecular weight excluding hydrogens is 356 g/mol. The van der Waals surface area contributed by atoms with Crippen LogP contribution >= 0.6 is 11.3 Å². The molecule has 6 rings (SSSR count). The van der Waals surface area contributed by atoms with Gasteiger partial charge in [0.15, 0.2) is 0 Å². The van der Waals surface area contributed by atoms with E-state index in [4.69, 9.17) is 0 Å². The molecule has 5 heteroatoms. The summed E-state index contributed by atoms with van der Waals surface area (Å²) in [6.45, 7) is 2.93. The molecule has 1 aromatic rings. The minimum atomic E-state index is 0.125. The van der Waals surface area contributed by atoms with Crippen LogP contribution in [0.1, 0.15) is 61.0 Å². The largest absolute Gasteiger partial charge is 0.341 e. The van der Waals surface area contributed by atoms with Crippen LogP contribution in [0.5, 0.6) is 0 Å². The summed E-state index contributed by atoms with van der Waals surface area (Å²) in [6, 6.07) is 3.82. The molecule has 27 heavy (non-hydrogen) atoms. The Balaban J connectivity index is 1.21. The molecule has 0 unspecified atom stereocenters. The van der Waals surface area contributed by atoms with Gasteiger partial charge in [0, 0.05) is 32.6 Å². The Kier molecular flexibility index (Phi) is 4.53. The molecule has 146 valence electrons. The lowest BCUT2D eigenvalue weighted by Gasteiger charge is -2.57. The fourth-order valence-corrected chi connectivity index (χ4v) is 7.56. The highest BCUT2D eigenvalue weighted by atomic mass is 32.1. The topological polar surface area (TPSA) is 40.6 Å². The van der Waals surface area contributed by atoms with Crippen molar-refractivity contribution < 1.29 is 9.59 Å². The predicted octanol–water partition coefficient (Wildman–Crippen LogP) is 4.03. The van der Waals surface area contributed by atoms with Crippen LogP contribution in [0.2, 0.25) is 0 Å². The SMILES string of the molecule is O=C(CC12CC3CC(CC(C3)C1)C2)N1CCCN(C(=O)c2cccs2)CC1. The molecule has 0 atom stereocenters. The molecule has 5 aliphatic rings. The Bertz CT molecular complexity index is 679. The summed E-state index contributed by atoms with van der Waals surface area (Å²) >= 11 is 1.50. The first-order valence-electron chi connectivity index (χ1n) is 10.7. The van der Waals surface area contributed by atoms with E-state index in [9.17, 15) is 9.59 Å². The molecule has 4 nitrogen and oxygen atoms in total. The Morgan fingerprint density at radius 2 is 1.59 bits per heavy atom. The molecule has 4 saturated carbocycles. The molecule has 0 N–H and O–H groups in total. The van der Waals surface area contributed by atoms with Gasteiger partial charge in [0.05, 0.1) is 4.88 Å². The van der Waals surface area contributed by atoms with Crippen molar-refractivity contribution in [1.82, 2.24) is 9.80 Å². The summed E-state index contributed by atoms with van der Waals surface area (Å²) in [5, 5.41) is 1.95. The van der Waals surface area contributed by atoms with Gasteiger partial charge in [-0.15, -0.1) is 11.3 Å². The average molecular weight is 387 g/mol. The Labute approximate surface area is 165 Å². The Hall–Kier alpha value is -1.36. The third kappa shape index (κ3) is 3.43. The molecule has 4 aliphatic carbocycles. The first kappa shape index (κ1) is 17.7. The number of amides is 2. The average Bonchev–Trinajstić information content (AvgIpc) is 3.04. The van der Waals surface area contributed by atoms with Crippen LogP contribution in [0, 0.1) is 23.2 Å². The summed E-state index contributed by atoms with van der Waals surface area (Å²) in [5.74, 6) is 3.16. The Morgan fingerprint density at radius 3 is 2.22 bits per heavy atom. The lowest BCUT2D eigenvalue weighted by molar-refractivity contribution is -0.139. The second-order valence-corrected chi connectivity index (χ2v) is 10.5. The third-order valence-electron chi connectivity index (χ3n) is 7.56. The van der Waals surface area contributed by atoms with Gasteiger partial charge >= 0.3 is 0 Å². The van der Waals surface area contributed by atoms with Crippen molar-refractivity contribution in [3.63, 3.8) is 0 Å². The fourth-order valence-electron chi connectivity index (χ4n) is 6.87. The first-order chi connectivity index (χ1) is 13.1. The van der Waals surface area contributed by atoms with Crippen LogP contribution in [-0.4, -0.2) is 47.8 Å². The fraction of sp³-hybridized carbons (Fsp3) is 0.727. The van der Waals surface area contributed by atoms with Crippen molar-refractivity contribution in [3.8, 4) is 0 Å². The number of carbonyl (C=O) groups is 2. The molecule has 0 spiro atoms. The zero-order chi connectivity index (χ0) is 18.4. The minimum Gasteiger partial charge on any atom is -0.341 e. The maximum absolute atomic E-state index is 13.2. The van der Waals surface area contributed by atoms with Crippen molar-refractivity contribution >= 4 is 23.2 Å². The standard InChI is InChI=1S/C22H30N2O2S/c25-20(15-22-12-16-9-17(13-22)11-18(10-16)14-22)23-4-2-5-24(7-6-23)21(26)19-3-1-8-27-19/h1,3,8,16-18H,2,4-7,9-15H2. The molecule has 1 aliphatic heterocycles. The van der Waals surface area contributed by atoms with E-state index in [1.165, 1.54) is 49.9 Å². The number of carbonyl (C=O) groups excluding carboxylic acids is 2. The second kappa shape index (κ2) is 6.91. The van der Waals surface area contributed by atoms with E-state index in [0.29, 0.717) is 24.4 Å². The van der Waals surface area contributed by atoms with Crippen LogP contribution in [-0.2, 0) is 4.79 Å². The lowest BCUT2D eigenvalue weighted by atomic mass is 9.49. The monoisotopic (exact) mass is 386 g/mol. The van der Waals surface area contributed by atoms with Gasteiger partial charge < -0.3 is 9.80 Å². The molecular formula is C22H30N2O2S. The van der Waals surface area contributed by atoms with Gasteiger partial charge in [-0.25, -0.2) is 0 Å². The summed E-state index contributed by atoms with van der Waals surface area (Å²) in [4.78, 5) is 30.6. The second-order valence-electron chi connectivity index (χ2n) is 9.60. The third-order valence-corrected chi connectivity index (χ3v) is 8.42. The molecule has 1 aromatic heterocycles. The van der Waals surface area contributed by atoms with Gasteiger partial charge in [0.1, 0.15) is 0 Å². The molecule has 5 fully saturated rings. The van der Waals surface area contributed by atoms with Crippen LogP contribution in [0.25, 0.3) is 0 Å². The van der Waals surface area contributed by atoms with E-state index >= 15 is 0 Å². The van der Waals surface area contributed by atoms with Crippen molar-refractivity contribution in [2.75, 3.05) is 26.2 Å². The molecule has 0 radical (unpaired) electrons. The van der Waals surface area contributed by atoms with E-state index in [2.05, 4.69) is 4.90 Å². The maximum atomic E-state index is 13.2. The molecule has 2 amide bonds. The summed E-state index contributed by atoms with van der Waals surface area (Å²) in [7, 11) is 0. The van der Waals surface area contributed by atoms with E-state index in [0.717, 1.165) is 48.6 Å². The van der Waals surface area contributed by atoms with Gasteiger partial charge in [-0.2, -0.15) is 0 Å². The highest BCUT2D eigenvalue weighted by Gasteiger charge is 2.51. The van der Waals surface area contributed by atoms with Crippen LogP contribution in [0.15, 0.2) is 17.5 Å². The number of nitrogens with zero attached hydrogens (tertiary/aromatic N) is 2. The van der Waals surface area contributed by atoms with Gasteiger partial charge in [0.2, 0.25) is 5.91 Å². The normalized spacial score (nSPS) is 35.3. The number of hydrogen-bond donors (Lipinski definition) is 0. The summed E-state index contributed by atoms with van der Waals surface area (Å²) in [6.07, 6.45) is 9.81. The van der Waals surface area contributed by atoms with Crippen molar-refractivity contribution in [1.29, 1.82) is 0 Å². The van der Waals surface area contributed by atoms with Gasteiger partial charge in [-0.3, -0.25) is 9.59 Å². The first-order valence-corrected chi connectivity index (χ1v) is 11.6. The minimum absolute atomic E-state index is 0.125. The van der Waals surface area contributed by atoms with Crippen molar-refractivity contribution in [2.45, 2.75) is 51.4 Å². The summed E-state index contributed by atoms with van der Waals surface area (Å²) in [5.41, 5.74) is 0.310. The van der Waals surface area contributed by atoms with Gasteiger partial charge in [0.25, 0.3) is 5.91 Å². The Morgan fingerprint density at radius 1 is 0.963 bits per heavy atom. The highest BCUT2D eigenvalue weighted by molar-refractivity contribution is 7.12. The molecule has 4 bridgehead atoms. The zero-order valence-electron chi connectivity index (χ0n) is 16.1. The number of rotatable bonds is 3. The number of hydrogen-bond acceptors (Lipinski definition) is 3. The van der Waals surface area contributed by atoms with Gasteiger partial charge in [-0.1, -0.05) is 6.07 Å². The van der Waals surface area contributed by atoms with Gasteiger partial charge in [-0.05, 0) is 79.6 Å². The van der Waals surface area contributed by atoms with E-state index in [-0.39, 0.29) is 5.91 Å². The molecule has 1 saturated heterocycles. The number of thiophene rings is 1. The zero-order valence-corrected chi connectivity index (χ0v) is 16.9. The quantitative estimate of drug-likeness (QED) is 0.787. The van der Waals surface area contributed by atoms with Crippen LogP contribution in [0.3, 0.4) is 0 Å². The van der Waals surface area contributed by atoms with Crippen molar-refractivity contribution in [3.05, 3.63) is 22.4 Å². The van der Waals surface area contributed by atoms with Crippen molar-refractivity contribution in [2.24, 2.45) is 23.2 Å². The van der Waals surface area contributed by atoms with E-state index < -0.39 is 0 Å². The smallest absolute Gasteiger partial charge is 0.263 e. The molecule has 2 heterocycles. The molecule has 0 aromatic carbocycles.